The number of phenols is 1. The molecule has 0 aliphatic carbocycles. The number of benzene rings is 2. The molecule has 9 nitrogen and oxygen atoms in total. The number of ether oxygens (including phenoxy) is 2. The Kier molecular flexibility index (Phi) is 5.51. The number of carbonyl (C=O) groups is 1. The van der Waals surface area contributed by atoms with Gasteiger partial charge in [0.25, 0.3) is 11.6 Å². The van der Waals surface area contributed by atoms with E-state index in [4.69, 9.17) is 9.47 Å². The number of non-ortho nitro benzene ring substituents is 1. The highest BCUT2D eigenvalue weighted by Crippen LogP contribution is 2.27. The molecule has 0 aliphatic rings. The molecule has 130 valence electrons. The Morgan fingerprint density at radius 2 is 1.92 bits per heavy atom. The fourth-order valence-electron chi connectivity index (χ4n) is 1.98. The van der Waals surface area contributed by atoms with E-state index < -0.39 is 10.8 Å². The van der Waals surface area contributed by atoms with E-state index in [0.29, 0.717) is 17.1 Å². The summed E-state index contributed by atoms with van der Waals surface area (Å²) in [5.74, 6) is -0.123. The molecular formula is C16H15N3O6. The zero-order chi connectivity index (χ0) is 18.4. The van der Waals surface area contributed by atoms with E-state index in [-0.39, 0.29) is 17.0 Å². The average Bonchev–Trinajstić information content (AvgIpc) is 2.61. The first-order valence-electron chi connectivity index (χ1n) is 6.99. The summed E-state index contributed by atoms with van der Waals surface area (Å²) in [6.07, 6.45) is 1.36. The summed E-state index contributed by atoms with van der Waals surface area (Å²) in [4.78, 5) is 22.1. The number of aromatic hydroxyl groups is 1. The second-order valence-electron chi connectivity index (χ2n) is 4.77. The van der Waals surface area contributed by atoms with Crippen molar-refractivity contribution in [2.45, 2.75) is 0 Å². The quantitative estimate of drug-likeness (QED) is 0.469. The molecule has 0 unspecified atom stereocenters. The Morgan fingerprint density at radius 3 is 2.56 bits per heavy atom. The van der Waals surface area contributed by atoms with Gasteiger partial charge in [0.2, 0.25) is 0 Å². The van der Waals surface area contributed by atoms with Crippen LogP contribution < -0.4 is 14.9 Å². The molecule has 0 bridgehead atoms. The first-order valence-corrected chi connectivity index (χ1v) is 6.99. The zero-order valence-corrected chi connectivity index (χ0v) is 13.4. The second kappa shape index (κ2) is 7.77. The van der Waals surface area contributed by atoms with E-state index in [1.165, 1.54) is 20.4 Å². The van der Waals surface area contributed by atoms with Crippen molar-refractivity contribution in [3.8, 4) is 17.2 Å². The SMILES string of the molecule is COc1ccc(/C=N/NC(=O)c2cc([N+](=O)[O-])ccc2O)cc1OC. The lowest BCUT2D eigenvalue weighted by Gasteiger charge is -2.07. The molecule has 2 rings (SSSR count). The van der Waals surface area contributed by atoms with Gasteiger partial charge >= 0.3 is 0 Å². The third kappa shape index (κ3) is 4.22. The number of nitro groups is 1. The van der Waals surface area contributed by atoms with Crippen LogP contribution in [-0.2, 0) is 0 Å². The molecule has 0 radical (unpaired) electrons. The van der Waals surface area contributed by atoms with Crippen molar-refractivity contribution in [2.24, 2.45) is 5.10 Å². The van der Waals surface area contributed by atoms with Crippen LogP contribution in [0.2, 0.25) is 0 Å². The largest absolute Gasteiger partial charge is 0.507 e. The zero-order valence-electron chi connectivity index (χ0n) is 13.4. The van der Waals surface area contributed by atoms with Crippen molar-refractivity contribution in [1.29, 1.82) is 0 Å². The molecule has 0 saturated heterocycles. The maximum Gasteiger partial charge on any atom is 0.275 e. The van der Waals surface area contributed by atoms with E-state index in [1.54, 1.807) is 18.2 Å². The Balaban J connectivity index is 2.13. The standard InChI is InChI=1S/C16H15N3O6/c1-24-14-6-3-10(7-15(14)25-2)9-17-18-16(21)12-8-11(19(22)23)4-5-13(12)20/h3-9,20H,1-2H3,(H,18,21)/b17-9+. The van der Waals surface area contributed by atoms with Crippen molar-refractivity contribution in [1.82, 2.24) is 5.43 Å². The van der Waals surface area contributed by atoms with Gasteiger partial charge in [-0.15, -0.1) is 0 Å². The van der Waals surface area contributed by atoms with Crippen molar-refractivity contribution >= 4 is 17.8 Å². The highest BCUT2D eigenvalue weighted by atomic mass is 16.6. The highest BCUT2D eigenvalue weighted by molar-refractivity contribution is 5.98. The Labute approximate surface area is 142 Å². The van der Waals surface area contributed by atoms with Crippen LogP contribution in [0.25, 0.3) is 0 Å². The first-order chi connectivity index (χ1) is 12.0. The van der Waals surface area contributed by atoms with Gasteiger partial charge in [0.05, 0.1) is 30.9 Å². The molecule has 0 aliphatic heterocycles. The summed E-state index contributed by atoms with van der Waals surface area (Å²) in [7, 11) is 3.00. The van der Waals surface area contributed by atoms with E-state index in [9.17, 15) is 20.0 Å². The van der Waals surface area contributed by atoms with Gasteiger partial charge in [0, 0.05) is 12.1 Å². The number of hydrazone groups is 1. The summed E-state index contributed by atoms with van der Waals surface area (Å²) in [6.45, 7) is 0. The maximum atomic E-state index is 12.0. The number of nitrogens with zero attached hydrogens (tertiary/aromatic N) is 2. The lowest BCUT2D eigenvalue weighted by molar-refractivity contribution is -0.384. The van der Waals surface area contributed by atoms with Crippen LogP contribution >= 0.6 is 0 Å². The van der Waals surface area contributed by atoms with Gasteiger partial charge in [-0.2, -0.15) is 5.10 Å². The van der Waals surface area contributed by atoms with Crippen LogP contribution in [0.3, 0.4) is 0 Å². The molecule has 0 aromatic heterocycles. The van der Waals surface area contributed by atoms with Gasteiger partial charge in [-0.05, 0) is 29.8 Å². The summed E-state index contributed by atoms with van der Waals surface area (Å²) in [5.41, 5.74) is 2.26. The van der Waals surface area contributed by atoms with Crippen molar-refractivity contribution in [3.05, 3.63) is 57.6 Å². The normalized spacial score (nSPS) is 10.5. The van der Waals surface area contributed by atoms with Crippen LogP contribution in [0.5, 0.6) is 17.2 Å². The van der Waals surface area contributed by atoms with Crippen molar-refractivity contribution in [2.75, 3.05) is 14.2 Å². The minimum absolute atomic E-state index is 0.251. The third-order valence-corrected chi connectivity index (χ3v) is 3.22. The Bertz CT molecular complexity index is 835. The van der Waals surface area contributed by atoms with Gasteiger partial charge in [-0.1, -0.05) is 0 Å². The van der Waals surface area contributed by atoms with Crippen molar-refractivity contribution in [3.63, 3.8) is 0 Å². The van der Waals surface area contributed by atoms with E-state index in [0.717, 1.165) is 18.2 Å². The van der Waals surface area contributed by atoms with Crippen molar-refractivity contribution < 1.29 is 24.3 Å². The monoisotopic (exact) mass is 345 g/mol. The molecule has 2 aromatic rings. The molecule has 0 saturated carbocycles. The maximum absolute atomic E-state index is 12.0. The number of phenolic OH excluding ortho intramolecular Hbond substituents is 1. The molecule has 0 spiro atoms. The van der Waals surface area contributed by atoms with Gasteiger partial charge in [0.1, 0.15) is 5.75 Å². The summed E-state index contributed by atoms with van der Waals surface area (Å²) in [5, 5.41) is 24.2. The third-order valence-electron chi connectivity index (χ3n) is 3.22. The molecule has 9 heteroatoms. The van der Waals surface area contributed by atoms with Crippen LogP contribution in [-0.4, -0.2) is 36.4 Å². The Morgan fingerprint density at radius 1 is 1.20 bits per heavy atom. The highest BCUT2D eigenvalue weighted by Gasteiger charge is 2.16. The number of hydrogen-bond acceptors (Lipinski definition) is 7. The summed E-state index contributed by atoms with van der Waals surface area (Å²) >= 11 is 0. The summed E-state index contributed by atoms with van der Waals surface area (Å²) in [6, 6.07) is 8.16. The number of methoxy groups -OCH3 is 2. The number of amides is 1. The van der Waals surface area contributed by atoms with Crippen LogP contribution in [0, 0.1) is 10.1 Å². The van der Waals surface area contributed by atoms with E-state index >= 15 is 0 Å². The number of rotatable bonds is 6. The molecule has 0 heterocycles. The number of nitrogens with one attached hydrogen (secondary N) is 1. The molecular weight excluding hydrogens is 330 g/mol. The Hall–Kier alpha value is -3.62. The second-order valence-corrected chi connectivity index (χ2v) is 4.77. The van der Waals surface area contributed by atoms with Crippen LogP contribution in [0.1, 0.15) is 15.9 Å². The van der Waals surface area contributed by atoms with Gasteiger partial charge in [-0.25, -0.2) is 5.43 Å². The van der Waals surface area contributed by atoms with Crippen LogP contribution in [0.15, 0.2) is 41.5 Å². The summed E-state index contributed by atoms with van der Waals surface area (Å²) < 4.78 is 10.3. The molecule has 1 amide bonds. The molecule has 0 atom stereocenters. The average molecular weight is 345 g/mol. The first kappa shape index (κ1) is 17.7. The molecule has 25 heavy (non-hydrogen) atoms. The minimum Gasteiger partial charge on any atom is -0.507 e. The number of carbonyl (C=O) groups excluding carboxylic acids is 1. The lowest BCUT2D eigenvalue weighted by Crippen LogP contribution is -2.18. The number of hydrogen-bond donors (Lipinski definition) is 2. The molecule has 2 N–H and O–H groups in total. The predicted molar refractivity (Wildman–Crippen MR) is 89.4 cm³/mol. The lowest BCUT2D eigenvalue weighted by atomic mass is 10.1. The van der Waals surface area contributed by atoms with Gasteiger partial charge < -0.3 is 14.6 Å². The molecule has 2 aromatic carbocycles. The minimum atomic E-state index is -0.780. The fraction of sp³-hybridized carbons (Fsp3) is 0.125. The van der Waals surface area contributed by atoms with E-state index in [2.05, 4.69) is 10.5 Å². The van der Waals surface area contributed by atoms with Gasteiger partial charge in [0.15, 0.2) is 11.5 Å². The van der Waals surface area contributed by atoms with E-state index in [1.807, 2.05) is 0 Å². The topological polar surface area (TPSA) is 123 Å². The fourth-order valence-corrected chi connectivity index (χ4v) is 1.98. The number of nitro benzene ring substituents is 1. The molecule has 0 fully saturated rings. The van der Waals surface area contributed by atoms with Crippen LogP contribution in [0.4, 0.5) is 5.69 Å². The predicted octanol–water partition coefficient (Wildman–Crippen LogP) is 2.08. The van der Waals surface area contributed by atoms with Gasteiger partial charge in [-0.3, -0.25) is 14.9 Å². The smallest absolute Gasteiger partial charge is 0.275 e.